The zero-order chi connectivity index (χ0) is 12.5. The van der Waals surface area contributed by atoms with Crippen LogP contribution >= 0.6 is 0 Å². The Kier molecular flexibility index (Phi) is 2.91. The van der Waals surface area contributed by atoms with E-state index in [1.807, 2.05) is 17.5 Å². The predicted molar refractivity (Wildman–Crippen MR) is 71.9 cm³/mol. The van der Waals surface area contributed by atoms with Crippen LogP contribution in [-0.2, 0) is 0 Å². The number of rotatable bonds is 3. The molecule has 0 spiro atoms. The number of hydrogen-bond acceptors (Lipinski definition) is 4. The minimum atomic E-state index is 0.390. The second-order valence-electron chi connectivity index (χ2n) is 4.80. The van der Waals surface area contributed by atoms with Gasteiger partial charge in [-0.3, -0.25) is 0 Å². The molecule has 0 saturated carbocycles. The molecular weight excluding hydrogens is 226 g/mol. The molecule has 96 valence electrons. The van der Waals surface area contributed by atoms with Crippen molar-refractivity contribution in [3.05, 3.63) is 23.5 Å². The van der Waals surface area contributed by atoms with Crippen LogP contribution in [0.4, 0.5) is 5.82 Å². The van der Waals surface area contributed by atoms with E-state index < -0.39 is 0 Å². The molecule has 5 heteroatoms. The molecule has 18 heavy (non-hydrogen) atoms. The summed E-state index contributed by atoms with van der Waals surface area (Å²) in [5, 5.41) is 11.5. The van der Waals surface area contributed by atoms with Crippen molar-refractivity contribution in [2.45, 2.75) is 32.7 Å². The van der Waals surface area contributed by atoms with Gasteiger partial charge in [0.15, 0.2) is 5.65 Å². The highest BCUT2D eigenvalue weighted by Gasteiger charge is 2.20. The third-order valence-corrected chi connectivity index (χ3v) is 3.35. The van der Waals surface area contributed by atoms with Gasteiger partial charge in [0.2, 0.25) is 0 Å². The lowest BCUT2D eigenvalue weighted by Crippen LogP contribution is -2.13. The normalized spacial score (nSPS) is 19.6. The topological polar surface area (TPSA) is 54.2 Å². The Balaban J connectivity index is 2.06. The monoisotopic (exact) mass is 245 g/mol. The Morgan fingerprint density at radius 1 is 1.50 bits per heavy atom. The van der Waals surface area contributed by atoms with Gasteiger partial charge in [-0.2, -0.15) is 9.61 Å². The largest absolute Gasteiger partial charge is 0.370 e. The quantitative estimate of drug-likeness (QED) is 0.867. The summed E-state index contributed by atoms with van der Waals surface area (Å²) in [5.74, 6) is 1.02. The first-order chi connectivity index (χ1) is 8.78. The van der Waals surface area contributed by atoms with Crippen LogP contribution in [0.5, 0.6) is 0 Å². The fraction of sp³-hybridized carbons (Fsp3) is 0.538. The molecular formula is C13H19N5. The molecule has 0 radical (unpaired) electrons. The van der Waals surface area contributed by atoms with Crippen LogP contribution < -0.4 is 10.6 Å². The van der Waals surface area contributed by atoms with Crippen LogP contribution in [0.25, 0.3) is 5.65 Å². The summed E-state index contributed by atoms with van der Waals surface area (Å²) in [6.07, 6.45) is 2.39. The standard InChI is InChI=1S/C13H19N5/c1-3-14-12-7-9(2)16-13-8-11(17-18(12)13)10-5-4-6-15-10/h7-8,10,14-15H,3-6H2,1-2H3. The predicted octanol–water partition coefficient (Wildman–Crippen LogP) is 1.89. The van der Waals surface area contributed by atoms with Crippen molar-refractivity contribution in [2.75, 3.05) is 18.4 Å². The lowest BCUT2D eigenvalue weighted by atomic mass is 10.2. The smallest absolute Gasteiger partial charge is 0.157 e. The molecule has 1 fully saturated rings. The molecule has 3 rings (SSSR count). The van der Waals surface area contributed by atoms with Gasteiger partial charge in [-0.15, -0.1) is 0 Å². The van der Waals surface area contributed by atoms with Gasteiger partial charge in [-0.05, 0) is 33.2 Å². The second kappa shape index (κ2) is 4.57. The SMILES string of the molecule is CCNc1cc(C)nc2cc(C3CCCN3)nn12. The van der Waals surface area contributed by atoms with Gasteiger partial charge in [-0.25, -0.2) is 4.98 Å². The molecule has 2 aromatic heterocycles. The molecule has 0 bridgehead atoms. The Morgan fingerprint density at radius 2 is 2.39 bits per heavy atom. The summed E-state index contributed by atoms with van der Waals surface area (Å²) in [6, 6.07) is 4.52. The van der Waals surface area contributed by atoms with E-state index >= 15 is 0 Å². The number of anilines is 1. The van der Waals surface area contributed by atoms with Crippen LogP contribution in [-0.4, -0.2) is 27.7 Å². The van der Waals surface area contributed by atoms with Crippen LogP contribution in [0.2, 0.25) is 0 Å². The summed E-state index contributed by atoms with van der Waals surface area (Å²) >= 11 is 0. The number of nitrogens with one attached hydrogen (secondary N) is 2. The van der Waals surface area contributed by atoms with E-state index in [4.69, 9.17) is 0 Å². The van der Waals surface area contributed by atoms with E-state index in [9.17, 15) is 0 Å². The number of hydrogen-bond donors (Lipinski definition) is 2. The van der Waals surface area contributed by atoms with Crippen molar-refractivity contribution in [3.63, 3.8) is 0 Å². The molecule has 5 nitrogen and oxygen atoms in total. The molecule has 3 heterocycles. The number of nitrogens with zero attached hydrogens (tertiary/aromatic N) is 3. The molecule has 0 aliphatic carbocycles. The minimum absolute atomic E-state index is 0.390. The van der Waals surface area contributed by atoms with Gasteiger partial charge in [0.25, 0.3) is 0 Å². The van der Waals surface area contributed by atoms with E-state index in [0.29, 0.717) is 6.04 Å². The third kappa shape index (κ3) is 1.95. The fourth-order valence-corrected chi connectivity index (χ4v) is 2.53. The van der Waals surface area contributed by atoms with E-state index in [1.165, 1.54) is 12.8 Å². The van der Waals surface area contributed by atoms with Crippen LogP contribution in [0.3, 0.4) is 0 Å². The van der Waals surface area contributed by atoms with Crippen molar-refractivity contribution >= 4 is 11.5 Å². The second-order valence-corrected chi connectivity index (χ2v) is 4.80. The highest BCUT2D eigenvalue weighted by atomic mass is 15.3. The highest BCUT2D eigenvalue weighted by Crippen LogP contribution is 2.24. The maximum Gasteiger partial charge on any atom is 0.157 e. The summed E-state index contributed by atoms with van der Waals surface area (Å²) in [6.45, 7) is 6.08. The number of aromatic nitrogens is 3. The summed E-state index contributed by atoms with van der Waals surface area (Å²) in [4.78, 5) is 4.54. The zero-order valence-electron chi connectivity index (χ0n) is 10.9. The highest BCUT2D eigenvalue weighted by molar-refractivity contribution is 5.50. The van der Waals surface area contributed by atoms with Crippen LogP contribution in [0.1, 0.15) is 37.2 Å². The van der Waals surface area contributed by atoms with Crippen molar-refractivity contribution < 1.29 is 0 Å². The van der Waals surface area contributed by atoms with Gasteiger partial charge >= 0.3 is 0 Å². The Labute approximate surface area is 107 Å². The lowest BCUT2D eigenvalue weighted by Gasteiger charge is -2.07. The van der Waals surface area contributed by atoms with Gasteiger partial charge in [0.05, 0.1) is 11.7 Å². The Bertz CT molecular complexity index is 554. The van der Waals surface area contributed by atoms with Crippen molar-refractivity contribution in [3.8, 4) is 0 Å². The first-order valence-electron chi connectivity index (χ1n) is 6.62. The Hall–Kier alpha value is -1.62. The van der Waals surface area contributed by atoms with Crippen LogP contribution in [0, 0.1) is 6.92 Å². The average molecular weight is 245 g/mol. The summed E-state index contributed by atoms with van der Waals surface area (Å²) in [5.41, 5.74) is 3.05. The number of aryl methyl sites for hydroxylation is 1. The number of fused-ring (bicyclic) bond motifs is 1. The van der Waals surface area contributed by atoms with E-state index in [0.717, 1.165) is 35.9 Å². The zero-order valence-corrected chi connectivity index (χ0v) is 10.9. The van der Waals surface area contributed by atoms with Gasteiger partial charge < -0.3 is 10.6 Å². The van der Waals surface area contributed by atoms with Gasteiger partial charge in [0, 0.05) is 24.4 Å². The molecule has 2 aromatic rings. The summed E-state index contributed by atoms with van der Waals surface area (Å²) in [7, 11) is 0. The fourth-order valence-electron chi connectivity index (χ4n) is 2.53. The van der Waals surface area contributed by atoms with Gasteiger partial charge in [-0.1, -0.05) is 0 Å². The van der Waals surface area contributed by atoms with Crippen LogP contribution in [0.15, 0.2) is 12.1 Å². The van der Waals surface area contributed by atoms with Crippen molar-refractivity contribution in [2.24, 2.45) is 0 Å². The van der Waals surface area contributed by atoms with E-state index in [-0.39, 0.29) is 0 Å². The molecule has 0 amide bonds. The third-order valence-electron chi connectivity index (χ3n) is 3.35. The Morgan fingerprint density at radius 3 is 3.11 bits per heavy atom. The maximum absolute atomic E-state index is 4.68. The van der Waals surface area contributed by atoms with Crippen molar-refractivity contribution in [1.82, 2.24) is 19.9 Å². The molecule has 1 atom stereocenters. The molecule has 2 N–H and O–H groups in total. The molecule has 0 aromatic carbocycles. The average Bonchev–Trinajstić information content (AvgIpc) is 2.96. The first kappa shape index (κ1) is 11.5. The molecule has 1 unspecified atom stereocenters. The van der Waals surface area contributed by atoms with E-state index in [1.54, 1.807) is 0 Å². The first-order valence-corrected chi connectivity index (χ1v) is 6.62. The van der Waals surface area contributed by atoms with Crippen molar-refractivity contribution in [1.29, 1.82) is 0 Å². The molecule has 1 aliphatic heterocycles. The molecule has 1 aliphatic rings. The van der Waals surface area contributed by atoms with Gasteiger partial charge in [0.1, 0.15) is 5.82 Å². The summed E-state index contributed by atoms with van der Waals surface area (Å²) < 4.78 is 1.91. The van der Waals surface area contributed by atoms with E-state index in [2.05, 4.69) is 33.7 Å². The lowest BCUT2D eigenvalue weighted by molar-refractivity contribution is 0.620. The maximum atomic E-state index is 4.68. The molecule has 1 saturated heterocycles. The minimum Gasteiger partial charge on any atom is -0.370 e.